The van der Waals surface area contributed by atoms with Gasteiger partial charge in [-0.05, 0) is 12.2 Å². The zero-order valence-corrected chi connectivity index (χ0v) is 16.8. The molecule has 21 heteroatoms. The molecule has 0 saturated carbocycles. The standard InChI is InChI=1S/C9H9B3F2N2O11P2S/c10-8(16-1-2(13)5(19)15-6(16)30)4(18)3(17)7(14,25-8)9(11,12)26-29(23,24)27-28(20,21)22/h1,3-4,17-18H,(H,23,24)(H,15,19,30)(H2,20,21,22)/t3-,4+,7-,8-/m0/s1. The van der Waals surface area contributed by atoms with Crippen molar-refractivity contribution in [1.82, 2.24) is 9.55 Å². The van der Waals surface area contributed by atoms with Crippen LogP contribution < -0.4 is 5.56 Å². The van der Waals surface area contributed by atoms with Gasteiger partial charge in [0.25, 0.3) is 11.4 Å². The highest BCUT2D eigenvalue weighted by atomic mass is 32.1. The second-order valence-corrected chi connectivity index (χ2v) is 9.06. The fourth-order valence-corrected chi connectivity index (χ4v) is 4.40. The number of hydrogen-bond donors (Lipinski definition) is 6. The lowest BCUT2D eigenvalue weighted by atomic mass is 9.59. The van der Waals surface area contributed by atoms with Crippen LogP contribution >= 0.6 is 27.9 Å². The molecule has 1 unspecified atom stereocenters. The molecular weight excluding hydrogens is 477 g/mol. The molecule has 6 radical (unpaired) electrons. The molecule has 30 heavy (non-hydrogen) atoms. The summed E-state index contributed by atoms with van der Waals surface area (Å²) in [6, 6.07) is 0. The van der Waals surface area contributed by atoms with Crippen molar-refractivity contribution in [3.63, 3.8) is 0 Å². The minimum Gasteiger partial charge on any atom is -0.386 e. The highest BCUT2D eigenvalue weighted by molar-refractivity contribution is 7.71. The summed E-state index contributed by atoms with van der Waals surface area (Å²) in [4.78, 5) is 39.5. The molecule has 5 atom stereocenters. The van der Waals surface area contributed by atoms with Gasteiger partial charge in [0.1, 0.15) is 41.4 Å². The molecule has 1 aromatic rings. The van der Waals surface area contributed by atoms with Gasteiger partial charge in [-0.2, -0.15) is 8.70 Å². The van der Waals surface area contributed by atoms with Crippen molar-refractivity contribution in [3.05, 3.63) is 27.1 Å². The van der Waals surface area contributed by atoms with Crippen LogP contribution in [0.4, 0.5) is 8.78 Å². The highest BCUT2D eigenvalue weighted by Gasteiger charge is 2.68. The largest absolute Gasteiger partial charge is 0.480 e. The maximum Gasteiger partial charge on any atom is 0.480 e. The summed E-state index contributed by atoms with van der Waals surface area (Å²) in [5.41, 5.74) is -4.36. The van der Waals surface area contributed by atoms with E-state index >= 15 is 4.39 Å². The Hall–Kier alpha value is -0.705. The van der Waals surface area contributed by atoms with Gasteiger partial charge in [0.05, 0.1) is 11.6 Å². The Kier molecular flexibility index (Phi) is 6.57. The molecule has 0 spiro atoms. The van der Waals surface area contributed by atoms with Crippen molar-refractivity contribution >= 4 is 51.4 Å². The number of phosphoric ester groups is 1. The summed E-state index contributed by atoms with van der Waals surface area (Å²) in [5, 5.41) is 16.4. The fraction of sp³-hybridized carbons (Fsp3) is 0.556. The first-order valence-electron chi connectivity index (χ1n) is 7.20. The Morgan fingerprint density at radius 2 is 1.83 bits per heavy atom. The van der Waals surface area contributed by atoms with Crippen molar-refractivity contribution in [2.45, 2.75) is 29.1 Å². The summed E-state index contributed by atoms with van der Waals surface area (Å²) in [7, 11) is 4.45. The first-order valence-corrected chi connectivity index (χ1v) is 10.6. The van der Waals surface area contributed by atoms with E-state index in [2.05, 4.69) is 13.6 Å². The molecule has 1 saturated heterocycles. The van der Waals surface area contributed by atoms with Crippen LogP contribution in [0.3, 0.4) is 0 Å². The maximum atomic E-state index is 15.4. The van der Waals surface area contributed by atoms with Gasteiger partial charge in [-0.1, -0.05) is 0 Å². The number of ether oxygens (including phenoxy) is 1. The minimum atomic E-state index is -5.92. The second kappa shape index (κ2) is 7.71. The molecule has 2 rings (SSSR count). The van der Waals surface area contributed by atoms with E-state index in [0.29, 0.717) is 0 Å². The van der Waals surface area contributed by atoms with Gasteiger partial charge in [-0.25, -0.2) is 13.5 Å². The molecule has 2 heterocycles. The van der Waals surface area contributed by atoms with Crippen molar-refractivity contribution in [1.29, 1.82) is 0 Å². The first kappa shape index (κ1) is 25.6. The van der Waals surface area contributed by atoms with Gasteiger partial charge in [0.15, 0.2) is 4.77 Å². The van der Waals surface area contributed by atoms with E-state index in [1.165, 1.54) is 0 Å². The topological polar surface area (TPSA) is 201 Å². The molecule has 0 aromatic carbocycles. The number of aliphatic hydroxyl groups is 2. The molecule has 160 valence electrons. The van der Waals surface area contributed by atoms with Gasteiger partial charge in [-0.15, -0.1) is 0 Å². The number of aromatic nitrogens is 2. The molecule has 13 nitrogen and oxygen atoms in total. The van der Waals surface area contributed by atoms with E-state index in [-0.39, 0.29) is 10.8 Å². The van der Waals surface area contributed by atoms with Gasteiger partial charge in [0, 0.05) is 0 Å². The van der Waals surface area contributed by atoms with Crippen LogP contribution in [0.15, 0.2) is 11.0 Å². The lowest BCUT2D eigenvalue weighted by Gasteiger charge is -2.41. The van der Waals surface area contributed by atoms with E-state index in [4.69, 9.17) is 45.5 Å². The molecule has 1 aromatic heterocycles. The molecule has 0 aliphatic carbocycles. The predicted octanol–water partition coefficient (Wildman–Crippen LogP) is -2.54. The van der Waals surface area contributed by atoms with Crippen LogP contribution in [-0.4, -0.2) is 81.4 Å². The fourth-order valence-electron chi connectivity index (χ4n) is 2.40. The summed E-state index contributed by atoms with van der Waals surface area (Å²) >= 11 is 4.70. The second-order valence-electron chi connectivity index (χ2n) is 5.92. The van der Waals surface area contributed by atoms with Crippen molar-refractivity contribution in [2.75, 3.05) is 0 Å². The Morgan fingerprint density at radius 1 is 1.30 bits per heavy atom. The van der Waals surface area contributed by atoms with Crippen molar-refractivity contribution < 1.29 is 56.4 Å². The third-order valence-corrected chi connectivity index (χ3v) is 6.21. The third-order valence-electron chi connectivity index (χ3n) is 3.70. The molecule has 1 aliphatic rings. The first-order chi connectivity index (χ1) is 13.3. The van der Waals surface area contributed by atoms with Crippen LogP contribution in [0.2, 0.25) is 0 Å². The number of phosphoric acid groups is 2. The van der Waals surface area contributed by atoms with E-state index in [1.807, 2.05) is 0 Å². The van der Waals surface area contributed by atoms with Crippen molar-refractivity contribution in [3.8, 4) is 0 Å². The number of rotatable bonds is 6. The molecule has 0 amide bonds. The lowest BCUT2D eigenvalue weighted by Crippen LogP contribution is -2.60. The number of alkyl halides is 1. The van der Waals surface area contributed by atoms with Gasteiger partial charge in [-0.3, -0.25) is 18.9 Å². The van der Waals surface area contributed by atoms with E-state index in [9.17, 15) is 33.4 Å². The van der Waals surface area contributed by atoms with Crippen LogP contribution in [0.1, 0.15) is 0 Å². The average Bonchev–Trinajstić information content (AvgIpc) is 2.70. The normalized spacial score (nSPS) is 32.1. The Bertz CT molecular complexity index is 1070. The van der Waals surface area contributed by atoms with Crippen LogP contribution in [0, 0.1) is 10.6 Å². The smallest absolute Gasteiger partial charge is 0.386 e. The number of hydrogen-bond acceptors (Lipinski definition) is 9. The summed E-state index contributed by atoms with van der Waals surface area (Å²) in [5.74, 6) is -5.65. The number of H-pyrrole nitrogens is 1. The van der Waals surface area contributed by atoms with Crippen LogP contribution in [-0.2, 0) is 28.3 Å². The molecule has 0 bridgehead atoms. The number of aliphatic hydroxyl groups excluding tert-OH is 2. The summed E-state index contributed by atoms with van der Waals surface area (Å²) < 4.78 is 62.9. The number of halogens is 2. The monoisotopic (exact) mass is 486 g/mol. The SMILES string of the molecule is [B]C([B])(OP(=O)(O)OP(=O)(O)O)[C@@]1(F)O[C@@]([B])(n2cc(F)c(=O)[nH]c2=S)[C@H](O)[C@@H]1O. The Balaban J connectivity index is 2.51. The van der Waals surface area contributed by atoms with Crippen LogP contribution in [0.25, 0.3) is 0 Å². The predicted molar refractivity (Wildman–Crippen MR) is 94.8 cm³/mol. The van der Waals surface area contributed by atoms with Gasteiger partial charge < -0.3 is 29.6 Å². The maximum absolute atomic E-state index is 15.4. The van der Waals surface area contributed by atoms with E-state index in [1.54, 1.807) is 4.98 Å². The number of nitrogens with one attached hydrogen (secondary N) is 1. The number of aromatic amines is 1. The highest BCUT2D eigenvalue weighted by Crippen LogP contribution is 2.61. The summed E-state index contributed by atoms with van der Waals surface area (Å²) in [6.45, 7) is 0. The van der Waals surface area contributed by atoms with Gasteiger partial charge >= 0.3 is 15.6 Å². The zero-order valence-electron chi connectivity index (χ0n) is 14.2. The van der Waals surface area contributed by atoms with E-state index < -0.39 is 60.9 Å². The third kappa shape index (κ3) is 4.57. The quantitative estimate of drug-likeness (QED) is 0.140. The van der Waals surface area contributed by atoms with Crippen molar-refractivity contribution in [2.24, 2.45) is 0 Å². The number of nitrogens with zero attached hydrogens (tertiary/aromatic N) is 1. The molecule has 6 N–H and O–H groups in total. The molecule has 1 aliphatic heterocycles. The zero-order chi connectivity index (χ0) is 23.5. The Morgan fingerprint density at radius 3 is 2.33 bits per heavy atom. The average molecular weight is 486 g/mol. The Labute approximate surface area is 174 Å². The lowest BCUT2D eigenvalue weighted by molar-refractivity contribution is -0.239. The van der Waals surface area contributed by atoms with Crippen LogP contribution in [0.5, 0.6) is 0 Å². The minimum absolute atomic E-state index is 0.259. The summed E-state index contributed by atoms with van der Waals surface area (Å²) in [6.07, 6.45) is -5.22. The molecule has 1 fully saturated rings. The molecular formula is C9H9B3F2N2O11P2S. The van der Waals surface area contributed by atoms with E-state index in [0.717, 1.165) is 0 Å². The van der Waals surface area contributed by atoms with Gasteiger partial charge in [0.2, 0.25) is 5.82 Å².